The fraction of sp³-hybridized carbons (Fsp3) is 0.516. The molecule has 11 nitrogen and oxygen atoms in total. The van der Waals surface area contributed by atoms with Gasteiger partial charge < -0.3 is 24.2 Å². The monoisotopic (exact) mass is 581 g/mol. The third-order valence-electron chi connectivity index (χ3n) is 8.23. The maximum absolute atomic E-state index is 13.5. The van der Waals surface area contributed by atoms with Gasteiger partial charge in [0.15, 0.2) is 11.5 Å². The lowest BCUT2D eigenvalue weighted by Gasteiger charge is -2.30. The van der Waals surface area contributed by atoms with Crippen LogP contribution < -0.4 is 14.2 Å². The molecule has 1 fully saturated rings. The molecule has 5 rings (SSSR count). The van der Waals surface area contributed by atoms with Gasteiger partial charge in [0, 0.05) is 43.7 Å². The molecule has 11 heteroatoms. The zero-order chi connectivity index (χ0) is 29.8. The number of carbonyl (C=O) groups excluding carboxylic acids is 2. The van der Waals surface area contributed by atoms with Crippen LogP contribution in [0.4, 0.5) is 0 Å². The van der Waals surface area contributed by atoms with Gasteiger partial charge in [0.25, 0.3) is 11.8 Å². The van der Waals surface area contributed by atoms with Crippen LogP contribution >= 0.6 is 0 Å². The molecule has 2 aromatic rings. The van der Waals surface area contributed by atoms with Gasteiger partial charge in [-0.3, -0.25) is 24.1 Å². The van der Waals surface area contributed by atoms with E-state index in [2.05, 4.69) is 0 Å². The number of likely N-dealkylation sites (tertiary alicyclic amines) is 1. The number of carboxylic acid groups (broad SMARTS) is 1. The molecule has 3 atom stereocenters. The number of aliphatic carboxylic acids is 1. The third kappa shape index (κ3) is 5.89. The van der Waals surface area contributed by atoms with Gasteiger partial charge in [0.2, 0.25) is 12.5 Å². The fourth-order valence-corrected chi connectivity index (χ4v) is 6.26. The summed E-state index contributed by atoms with van der Waals surface area (Å²) in [5.41, 5.74) is 2.38. The Morgan fingerprint density at radius 2 is 1.95 bits per heavy atom. The average molecular weight is 582 g/mol. The standard InChI is InChI=1S/C31H39N3O8/c1-4-11-34(42-13-5-2)27(35)18-33-17-23(21-14-25(39-3)29-26(15-21)40-19-41-29)28(31(37)38)24(33)10-12-32-16-20-8-6-7-9-22(20)30(32)36/h6-9,14-15,23-24,28H,4-5,10-13,16-19H2,1-3H3,(H,37,38). The minimum Gasteiger partial charge on any atom is -0.493 e. The number of amides is 2. The zero-order valence-electron chi connectivity index (χ0n) is 24.4. The van der Waals surface area contributed by atoms with Crippen molar-refractivity contribution in [1.29, 1.82) is 0 Å². The van der Waals surface area contributed by atoms with E-state index in [-0.39, 0.29) is 25.2 Å². The number of benzene rings is 2. The van der Waals surface area contributed by atoms with Crippen molar-refractivity contribution < 1.29 is 38.5 Å². The predicted octanol–water partition coefficient (Wildman–Crippen LogP) is 3.52. The van der Waals surface area contributed by atoms with Crippen LogP contribution in [0, 0.1) is 5.92 Å². The minimum atomic E-state index is -0.958. The van der Waals surface area contributed by atoms with Gasteiger partial charge in [-0.15, -0.1) is 0 Å². The van der Waals surface area contributed by atoms with Gasteiger partial charge in [0.1, 0.15) is 0 Å². The summed E-state index contributed by atoms with van der Waals surface area (Å²) in [6, 6.07) is 10.6. The van der Waals surface area contributed by atoms with Crippen molar-refractivity contribution >= 4 is 17.8 Å². The molecule has 3 heterocycles. The summed E-state index contributed by atoms with van der Waals surface area (Å²) < 4.78 is 16.7. The molecule has 2 amide bonds. The summed E-state index contributed by atoms with van der Waals surface area (Å²) in [6.07, 6.45) is 1.89. The van der Waals surface area contributed by atoms with Crippen LogP contribution in [0.2, 0.25) is 0 Å². The number of fused-ring (bicyclic) bond motifs is 2. The molecule has 0 bridgehead atoms. The number of hydrogen-bond acceptors (Lipinski definition) is 8. The Kier molecular flexibility index (Phi) is 9.18. The lowest BCUT2D eigenvalue weighted by molar-refractivity contribution is -0.188. The molecule has 226 valence electrons. The minimum absolute atomic E-state index is 0.00448. The molecular weight excluding hydrogens is 542 g/mol. The van der Waals surface area contributed by atoms with E-state index in [4.69, 9.17) is 19.0 Å². The van der Waals surface area contributed by atoms with E-state index < -0.39 is 23.8 Å². The largest absolute Gasteiger partial charge is 0.493 e. The van der Waals surface area contributed by atoms with Crippen molar-refractivity contribution in [1.82, 2.24) is 14.9 Å². The Morgan fingerprint density at radius 1 is 1.14 bits per heavy atom. The van der Waals surface area contributed by atoms with Crippen LogP contribution in [-0.2, 0) is 21.0 Å². The Hall–Kier alpha value is -3.83. The van der Waals surface area contributed by atoms with Crippen LogP contribution in [0.5, 0.6) is 17.2 Å². The second-order valence-electron chi connectivity index (χ2n) is 10.9. The first-order valence-electron chi connectivity index (χ1n) is 14.6. The molecular formula is C31H39N3O8. The molecule has 3 aliphatic rings. The molecule has 3 unspecified atom stereocenters. The van der Waals surface area contributed by atoms with Crippen molar-refractivity contribution in [2.24, 2.45) is 5.92 Å². The van der Waals surface area contributed by atoms with Crippen molar-refractivity contribution in [3.8, 4) is 17.2 Å². The van der Waals surface area contributed by atoms with Crippen molar-refractivity contribution in [3.05, 3.63) is 53.1 Å². The van der Waals surface area contributed by atoms with Crippen LogP contribution in [0.15, 0.2) is 36.4 Å². The maximum atomic E-state index is 13.5. The maximum Gasteiger partial charge on any atom is 0.308 e. The molecule has 0 spiro atoms. The number of methoxy groups -OCH3 is 1. The molecule has 3 aliphatic heterocycles. The highest BCUT2D eigenvalue weighted by atomic mass is 16.7. The molecule has 42 heavy (non-hydrogen) atoms. The van der Waals surface area contributed by atoms with Gasteiger partial charge in [-0.2, -0.15) is 0 Å². The summed E-state index contributed by atoms with van der Waals surface area (Å²) in [7, 11) is 1.53. The highest BCUT2D eigenvalue weighted by Gasteiger charge is 2.48. The third-order valence-corrected chi connectivity index (χ3v) is 8.23. The van der Waals surface area contributed by atoms with Gasteiger partial charge in [-0.05, 0) is 48.6 Å². The lowest BCUT2D eigenvalue weighted by Crippen LogP contribution is -2.45. The molecule has 0 aliphatic carbocycles. The second-order valence-corrected chi connectivity index (χ2v) is 10.9. The highest BCUT2D eigenvalue weighted by molar-refractivity contribution is 5.98. The fourth-order valence-electron chi connectivity index (χ4n) is 6.26. The number of rotatable bonds is 13. The first kappa shape index (κ1) is 29.7. The van der Waals surface area contributed by atoms with Crippen molar-refractivity contribution in [2.45, 2.75) is 51.6 Å². The number of hydroxylamine groups is 2. The predicted molar refractivity (Wildman–Crippen MR) is 152 cm³/mol. The SMILES string of the molecule is CCCON(CCC)C(=O)CN1CC(c2cc(OC)c3c(c2)OCO3)C(C(=O)O)C1CCN1Cc2ccccc2C1=O. The Balaban J connectivity index is 1.43. The summed E-state index contributed by atoms with van der Waals surface area (Å²) in [5.74, 6) is -1.05. The van der Waals surface area contributed by atoms with Crippen LogP contribution in [0.3, 0.4) is 0 Å². The van der Waals surface area contributed by atoms with Crippen molar-refractivity contribution in [3.63, 3.8) is 0 Å². The van der Waals surface area contributed by atoms with Gasteiger partial charge in [0.05, 0.1) is 26.2 Å². The van der Waals surface area contributed by atoms with E-state index in [1.165, 1.54) is 12.2 Å². The molecule has 0 aromatic heterocycles. The number of carbonyl (C=O) groups is 3. The summed E-state index contributed by atoms with van der Waals surface area (Å²) in [6.45, 7) is 6.07. The van der Waals surface area contributed by atoms with E-state index in [1.807, 2.05) is 49.1 Å². The normalized spacial score (nSPS) is 21.1. The van der Waals surface area contributed by atoms with Crippen LogP contribution in [0.1, 0.15) is 60.5 Å². The number of carboxylic acids is 1. The smallest absolute Gasteiger partial charge is 0.308 e. The van der Waals surface area contributed by atoms with Gasteiger partial charge in [-0.25, -0.2) is 5.06 Å². The van der Waals surface area contributed by atoms with Crippen molar-refractivity contribution in [2.75, 3.05) is 46.7 Å². The van der Waals surface area contributed by atoms with Crippen LogP contribution in [0.25, 0.3) is 0 Å². The van der Waals surface area contributed by atoms with Crippen LogP contribution in [-0.4, -0.2) is 90.5 Å². The van der Waals surface area contributed by atoms with Gasteiger partial charge >= 0.3 is 5.97 Å². The second kappa shape index (κ2) is 13.0. The molecule has 1 N–H and O–H groups in total. The molecule has 1 saturated heterocycles. The zero-order valence-corrected chi connectivity index (χ0v) is 24.4. The summed E-state index contributed by atoms with van der Waals surface area (Å²) >= 11 is 0. The molecule has 2 aromatic carbocycles. The van der Waals surface area contributed by atoms with E-state index in [0.717, 1.165) is 24.0 Å². The number of hydrogen-bond donors (Lipinski definition) is 1. The number of nitrogens with zero attached hydrogens (tertiary/aromatic N) is 3. The first-order valence-corrected chi connectivity index (χ1v) is 14.6. The lowest BCUT2D eigenvalue weighted by atomic mass is 9.84. The summed E-state index contributed by atoms with van der Waals surface area (Å²) in [4.78, 5) is 48.9. The Bertz CT molecular complexity index is 1320. The molecule has 0 saturated carbocycles. The van der Waals surface area contributed by atoms with E-state index in [0.29, 0.717) is 62.0 Å². The topological polar surface area (TPSA) is 118 Å². The van der Waals surface area contributed by atoms with E-state index in [1.54, 1.807) is 11.0 Å². The summed E-state index contributed by atoms with van der Waals surface area (Å²) in [5, 5.41) is 12.0. The number of ether oxygens (including phenoxy) is 3. The molecule has 0 radical (unpaired) electrons. The highest BCUT2D eigenvalue weighted by Crippen LogP contribution is 2.47. The van der Waals surface area contributed by atoms with Gasteiger partial charge in [-0.1, -0.05) is 32.0 Å². The van der Waals surface area contributed by atoms with E-state index in [9.17, 15) is 19.5 Å². The first-order chi connectivity index (χ1) is 20.4. The Labute approximate surface area is 245 Å². The van der Waals surface area contributed by atoms with E-state index >= 15 is 0 Å². The average Bonchev–Trinajstić information content (AvgIpc) is 3.69. The quantitative estimate of drug-likeness (QED) is 0.355. The Morgan fingerprint density at radius 3 is 2.67 bits per heavy atom.